The van der Waals surface area contributed by atoms with Crippen LogP contribution in [0, 0.1) is 5.82 Å². The van der Waals surface area contributed by atoms with E-state index in [1.54, 1.807) is 16.8 Å². The Hall–Kier alpha value is -3.93. The van der Waals surface area contributed by atoms with Crippen molar-refractivity contribution in [2.75, 3.05) is 13.1 Å². The van der Waals surface area contributed by atoms with Crippen molar-refractivity contribution in [3.63, 3.8) is 0 Å². The zero-order valence-corrected chi connectivity index (χ0v) is 18.1. The van der Waals surface area contributed by atoms with Crippen molar-refractivity contribution in [3.05, 3.63) is 108 Å². The van der Waals surface area contributed by atoms with Crippen molar-refractivity contribution in [1.29, 1.82) is 0 Å². The molecule has 6 heteroatoms. The molecule has 4 aromatic rings. The second-order valence-corrected chi connectivity index (χ2v) is 8.40. The topological polar surface area (TPSA) is 54.3 Å². The van der Waals surface area contributed by atoms with Crippen molar-refractivity contribution in [2.45, 2.75) is 19.0 Å². The Morgan fingerprint density at radius 2 is 1.79 bits per heavy atom. The van der Waals surface area contributed by atoms with Crippen molar-refractivity contribution in [3.8, 4) is 0 Å². The number of amides is 2. The fourth-order valence-electron chi connectivity index (χ4n) is 4.48. The highest BCUT2D eigenvalue weighted by molar-refractivity contribution is 5.98. The number of aromatic nitrogens is 1. The summed E-state index contributed by atoms with van der Waals surface area (Å²) in [7, 11) is 0. The van der Waals surface area contributed by atoms with E-state index in [1.807, 2.05) is 65.6 Å². The molecule has 0 fully saturated rings. The summed E-state index contributed by atoms with van der Waals surface area (Å²) in [5.74, 6) is -0.511. The molecule has 3 aromatic carbocycles. The number of fused-ring (bicyclic) bond motifs is 2. The van der Waals surface area contributed by atoms with Crippen molar-refractivity contribution in [1.82, 2.24) is 14.8 Å². The van der Waals surface area contributed by atoms with Crippen LogP contribution >= 0.6 is 0 Å². The van der Waals surface area contributed by atoms with Gasteiger partial charge in [-0.1, -0.05) is 48.5 Å². The van der Waals surface area contributed by atoms with Crippen LogP contribution in [0.3, 0.4) is 0 Å². The predicted molar refractivity (Wildman–Crippen MR) is 125 cm³/mol. The molecule has 0 radical (unpaired) electrons. The van der Waals surface area contributed by atoms with Crippen LogP contribution in [0.5, 0.6) is 0 Å². The fourth-order valence-corrected chi connectivity index (χ4v) is 4.48. The third kappa shape index (κ3) is 4.37. The van der Waals surface area contributed by atoms with Gasteiger partial charge < -0.3 is 14.8 Å². The number of nitrogens with zero attached hydrogens (tertiary/aromatic N) is 2. The van der Waals surface area contributed by atoms with E-state index in [9.17, 15) is 14.0 Å². The molecule has 0 unspecified atom stereocenters. The van der Waals surface area contributed by atoms with Gasteiger partial charge in [0.15, 0.2) is 0 Å². The van der Waals surface area contributed by atoms with Crippen LogP contribution in [0.25, 0.3) is 10.9 Å². The molecule has 1 aromatic heterocycles. The summed E-state index contributed by atoms with van der Waals surface area (Å²) in [6, 6.07) is 24.0. The molecule has 0 spiro atoms. The highest BCUT2D eigenvalue weighted by atomic mass is 19.1. The molecular weight excluding hydrogens is 417 g/mol. The monoisotopic (exact) mass is 441 g/mol. The zero-order valence-electron chi connectivity index (χ0n) is 18.1. The Morgan fingerprint density at radius 3 is 2.61 bits per heavy atom. The second kappa shape index (κ2) is 8.90. The SMILES string of the molecule is O=C(Cn1ccc2ccc(F)cc21)NC[C@@H](CN1Cc2ccccc2C1=O)c1ccccc1. The summed E-state index contributed by atoms with van der Waals surface area (Å²) in [5, 5.41) is 3.90. The first-order valence-electron chi connectivity index (χ1n) is 11.0. The summed E-state index contributed by atoms with van der Waals surface area (Å²) in [4.78, 5) is 27.5. The maximum absolute atomic E-state index is 13.7. The average molecular weight is 442 g/mol. The molecular formula is C27H24FN3O2. The van der Waals surface area contributed by atoms with Gasteiger partial charge in [-0.25, -0.2) is 4.39 Å². The Morgan fingerprint density at radius 1 is 1.00 bits per heavy atom. The smallest absolute Gasteiger partial charge is 0.254 e. The molecule has 2 amide bonds. The van der Waals surface area contributed by atoms with Gasteiger partial charge in [-0.05, 0) is 46.8 Å². The quantitative estimate of drug-likeness (QED) is 0.464. The maximum Gasteiger partial charge on any atom is 0.254 e. The molecule has 1 aliphatic heterocycles. The number of hydrogen-bond donors (Lipinski definition) is 1. The third-order valence-corrected chi connectivity index (χ3v) is 6.20. The molecule has 0 saturated carbocycles. The van der Waals surface area contributed by atoms with Gasteiger partial charge in [0.25, 0.3) is 5.91 Å². The third-order valence-electron chi connectivity index (χ3n) is 6.20. The second-order valence-electron chi connectivity index (χ2n) is 8.40. The van der Waals surface area contributed by atoms with Crippen LogP contribution in [0.4, 0.5) is 4.39 Å². The number of halogens is 1. The highest BCUT2D eigenvalue weighted by Gasteiger charge is 2.29. The number of carbonyl (C=O) groups is 2. The highest BCUT2D eigenvalue weighted by Crippen LogP contribution is 2.26. The van der Waals surface area contributed by atoms with Gasteiger partial charge in [-0.3, -0.25) is 9.59 Å². The number of hydrogen-bond acceptors (Lipinski definition) is 2. The minimum Gasteiger partial charge on any atom is -0.354 e. The Bertz CT molecular complexity index is 1320. The summed E-state index contributed by atoms with van der Waals surface area (Å²) in [6.07, 6.45) is 1.79. The molecule has 33 heavy (non-hydrogen) atoms. The van der Waals surface area contributed by atoms with Gasteiger partial charge in [-0.2, -0.15) is 0 Å². The number of rotatable bonds is 7. The van der Waals surface area contributed by atoms with Gasteiger partial charge in [-0.15, -0.1) is 0 Å². The fraction of sp³-hybridized carbons (Fsp3) is 0.185. The summed E-state index contributed by atoms with van der Waals surface area (Å²) >= 11 is 0. The Balaban J connectivity index is 1.28. The van der Waals surface area contributed by atoms with Crippen LogP contribution in [0.2, 0.25) is 0 Å². The zero-order chi connectivity index (χ0) is 22.8. The number of carbonyl (C=O) groups excluding carboxylic acids is 2. The number of nitrogens with one attached hydrogen (secondary N) is 1. The molecule has 5 rings (SSSR count). The maximum atomic E-state index is 13.7. The van der Waals surface area contributed by atoms with Crippen molar-refractivity contribution >= 4 is 22.7 Å². The normalized spacial score (nSPS) is 13.8. The van der Waals surface area contributed by atoms with Crippen molar-refractivity contribution in [2.24, 2.45) is 0 Å². The van der Waals surface area contributed by atoms with Gasteiger partial charge in [0, 0.05) is 37.3 Å². The van der Waals surface area contributed by atoms with Crippen LogP contribution in [-0.2, 0) is 17.9 Å². The van der Waals surface area contributed by atoms with E-state index < -0.39 is 0 Å². The average Bonchev–Trinajstić information content (AvgIpc) is 3.37. The predicted octanol–water partition coefficient (Wildman–Crippen LogP) is 4.34. The molecule has 0 aliphatic carbocycles. The molecule has 2 heterocycles. The van der Waals surface area contributed by atoms with Crippen LogP contribution in [-0.4, -0.2) is 34.4 Å². The van der Waals surface area contributed by atoms with E-state index in [0.29, 0.717) is 25.2 Å². The van der Waals surface area contributed by atoms with Gasteiger partial charge >= 0.3 is 0 Å². The first-order chi connectivity index (χ1) is 16.1. The van der Waals surface area contributed by atoms with E-state index in [4.69, 9.17) is 0 Å². The lowest BCUT2D eigenvalue weighted by Crippen LogP contribution is -2.37. The standard InChI is InChI=1S/C27H24FN3O2/c28-23-11-10-20-12-13-30(25(20)14-23)18-26(32)29-15-22(19-6-2-1-3-7-19)17-31-16-21-8-4-5-9-24(21)27(31)33/h1-14,22H,15-18H2,(H,29,32)/t22-/m0/s1. The van der Waals surface area contributed by atoms with Crippen molar-refractivity contribution < 1.29 is 14.0 Å². The Labute approximate surface area is 191 Å². The molecule has 166 valence electrons. The lowest BCUT2D eigenvalue weighted by atomic mass is 9.98. The van der Waals surface area contributed by atoms with Gasteiger partial charge in [0.05, 0.1) is 5.52 Å². The summed E-state index contributed by atoms with van der Waals surface area (Å²) in [6.45, 7) is 1.59. The molecule has 1 N–H and O–H groups in total. The molecule has 1 atom stereocenters. The largest absolute Gasteiger partial charge is 0.354 e. The molecule has 5 nitrogen and oxygen atoms in total. The lowest BCUT2D eigenvalue weighted by molar-refractivity contribution is -0.121. The number of benzene rings is 3. The van der Waals surface area contributed by atoms with E-state index >= 15 is 0 Å². The lowest BCUT2D eigenvalue weighted by Gasteiger charge is -2.24. The minimum atomic E-state index is -0.330. The Kier molecular flexibility index (Phi) is 5.65. The molecule has 1 aliphatic rings. The van der Waals surface area contributed by atoms with Gasteiger partial charge in [0.2, 0.25) is 5.91 Å². The van der Waals surface area contributed by atoms with Crippen LogP contribution < -0.4 is 5.32 Å². The first-order valence-corrected chi connectivity index (χ1v) is 11.0. The van der Waals surface area contributed by atoms with E-state index in [2.05, 4.69) is 5.32 Å². The first kappa shape index (κ1) is 20.9. The molecule has 0 saturated heterocycles. The van der Waals surface area contributed by atoms with E-state index in [-0.39, 0.29) is 30.1 Å². The van der Waals surface area contributed by atoms with E-state index in [0.717, 1.165) is 22.1 Å². The summed E-state index contributed by atoms with van der Waals surface area (Å²) < 4.78 is 15.4. The van der Waals surface area contributed by atoms with Crippen LogP contribution in [0.1, 0.15) is 27.4 Å². The van der Waals surface area contributed by atoms with Gasteiger partial charge in [0.1, 0.15) is 12.4 Å². The minimum absolute atomic E-state index is 0.0266. The summed E-state index contributed by atoms with van der Waals surface area (Å²) in [5.41, 5.74) is 3.53. The van der Waals surface area contributed by atoms with E-state index in [1.165, 1.54) is 12.1 Å². The molecule has 0 bridgehead atoms. The van der Waals surface area contributed by atoms with Crippen LogP contribution in [0.15, 0.2) is 85.1 Å².